The number of nitrogens with one attached hydrogen (secondary N) is 4. The minimum absolute atomic E-state index is 0.125. The van der Waals surface area contributed by atoms with Gasteiger partial charge in [-0.1, -0.05) is 18.2 Å². The Morgan fingerprint density at radius 1 is 1.18 bits per heavy atom. The molecule has 1 aliphatic heterocycles. The lowest BCUT2D eigenvalue weighted by Crippen LogP contribution is -2.34. The topological polar surface area (TPSA) is 214 Å². The van der Waals surface area contributed by atoms with Gasteiger partial charge in [0.05, 0.1) is 23.2 Å². The molecule has 2 aromatic carbocycles. The number of nitrogen functional groups attached to an aromatic ring is 1. The van der Waals surface area contributed by atoms with Gasteiger partial charge in [0.1, 0.15) is 4.90 Å². The summed E-state index contributed by atoms with van der Waals surface area (Å²) < 4.78 is 28.8. The number of benzene rings is 2. The number of β-amino-alcohol motifs (C(OH)–C–C–N with tert-alkyl or cyclic N) is 1. The van der Waals surface area contributed by atoms with Crippen molar-refractivity contribution in [1.29, 1.82) is 0 Å². The Kier molecular flexibility index (Phi) is 5.51. The van der Waals surface area contributed by atoms with Crippen LogP contribution in [-0.4, -0.2) is 69.4 Å². The van der Waals surface area contributed by atoms with E-state index >= 15 is 0 Å². The monoisotopic (exact) mass is 488 g/mol. The number of sulfonamides is 1. The Hall–Kier alpha value is -3.08. The largest absolute Gasteiger partial charge is 0.390 e. The predicted molar refractivity (Wildman–Crippen MR) is 122 cm³/mol. The van der Waals surface area contributed by atoms with Crippen molar-refractivity contribution in [3.05, 3.63) is 30.3 Å². The fourth-order valence-electron chi connectivity index (χ4n) is 3.84. The molecule has 33 heavy (non-hydrogen) atoms. The van der Waals surface area contributed by atoms with Crippen molar-refractivity contribution >= 4 is 39.0 Å². The number of aromatic nitrogens is 6. The maximum absolute atomic E-state index is 12.8. The second-order valence-corrected chi connectivity index (χ2v) is 9.86. The number of hydrogen-bond donors (Lipinski definition) is 7. The van der Waals surface area contributed by atoms with Gasteiger partial charge in [0.15, 0.2) is 11.8 Å². The van der Waals surface area contributed by atoms with Crippen molar-refractivity contribution in [2.75, 3.05) is 18.8 Å². The van der Waals surface area contributed by atoms with Crippen LogP contribution in [0.2, 0.25) is 0 Å². The van der Waals surface area contributed by atoms with Gasteiger partial charge in [-0.25, -0.2) is 23.6 Å². The highest BCUT2D eigenvalue weighted by molar-refractivity contribution is 7.98. The molecule has 0 bridgehead atoms. The third kappa shape index (κ3) is 4.05. The number of rotatable bonds is 6. The van der Waals surface area contributed by atoms with E-state index in [1.807, 2.05) is 6.07 Å². The first-order valence-electron chi connectivity index (χ1n) is 9.82. The molecule has 172 valence electrons. The van der Waals surface area contributed by atoms with Crippen LogP contribution in [0.5, 0.6) is 0 Å². The summed E-state index contributed by atoms with van der Waals surface area (Å²) in [5, 5.41) is 32.6. The lowest BCUT2D eigenvalue weighted by atomic mass is 9.98. The second kappa shape index (κ2) is 8.36. The zero-order valence-electron chi connectivity index (χ0n) is 17.0. The third-order valence-electron chi connectivity index (χ3n) is 5.31. The van der Waals surface area contributed by atoms with Crippen molar-refractivity contribution in [2.45, 2.75) is 21.9 Å². The quantitative estimate of drug-likeness (QED) is 0.173. The number of imidazole rings is 1. The van der Waals surface area contributed by atoms with Gasteiger partial charge in [-0.2, -0.15) is 0 Å². The molecule has 0 amide bonds. The SMILES string of the molecule is Nc1nc2c(-c3ccc(SN[C@H]4CNC[C@H]4O)c(S(N)(=O)=O)c3-c3nnn[nH]3)cccc2[nH]1. The van der Waals surface area contributed by atoms with Crippen LogP contribution >= 0.6 is 11.9 Å². The molecule has 5 rings (SSSR count). The first kappa shape index (κ1) is 21.7. The highest BCUT2D eigenvalue weighted by Crippen LogP contribution is 2.41. The van der Waals surface area contributed by atoms with Crippen LogP contribution < -0.4 is 20.9 Å². The average molecular weight is 489 g/mol. The molecule has 9 N–H and O–H groups in total. The molecule has 3 heterocycles. The van der Waals surface area contributed by atoms with Crippen molar-refractivity contribution < 1.29 is 13.5 Å². The summed E-state index contributed by atoms with van der Waals surface area (Å²) in [6.45, 7) is 0.989. The van der Waals surface area contributed by atoms with E-state index in [2.05, 4.69) is 40.6 Å². The Labute approximate surface area is 191 Å². The molecule has 1 aliphatic rings. The predicted octanol–water partition coefficient (Wildman–Crippen LogP) is -0.431. The first-order valence-corrected chi connectivity index (χ1v) is 12.2. The van der Waals surface area contributed by atoms with Gasteiger partial charge in [0.2, 0.25) is 10.0 Å². The van der Waals surface area contributed by atoms with Crippen molar-refractivity contribution in [2.24, 2.45) is 5.14 Å². The number of fused-ring (bicyclic) bond motifs is 1. The Morgan fingerprint density at radius 3 is 2.73 bits per heavy atom. The van der Waals surface area contributed by atoms with Gasteiger partial charge >= 0.3 is 0 Å². The van der Waals surface area contributed by atoms with Gasteiger partial charge in [0.25, 0.3) is 0 Å². The van der Waals surface area contributed by atoms with Crippen LogP contribution in [-0.2, 0) is 10.0 Å². The highest BCUT2D eigenvalue weighted by Gasteiger charge is 2.29. The molecule has 13 nitrogen and oxygen atoms in total. The summed E-state index contributed by atoms with van der Waals surface area (Å²) in [7, 11) is -4.24. The van der Waals surface area contributed by atoms with Crippen LogP contribution in [0.4, 0.5) is 5.95 Å². The number of aliphatic hydroxyl groups is 1. The number of primary sulfonamides is 1. The van der Waals surface area contributed by atoms with Gasteiger partial charge in [-0.05, 0) is 40.1 Å². The van der Waals surface area contributed by atoms with Crippen LogP contribution in [0.15, 0.2) is 40.1 Å². The van der Waals surface area contributed by atoms with E-state index in [4.69, 9.17) is 10.9 Å². The van der Waals surface area contributed by atoms with Gasteiger partial charge in [-0.15, -0.1) is 5.10 Å². The summed E-state index contributed by atoms with van der Waals surface area (Å²) >= 11 is 1.06. The van der Waals surface area contributed by atoms with Crippen LogP contribution in [0.25, 0.3) is 33.5 Å². The fourth-order valence-corrected chi connectivity index (χ4v) is 6.01. The highest BCUT2D eigenvalue weighted by atomic mass is 32.2. The van der Waals surface area contributed by atoms with Crippen LogP contribution in [0, 0.1) is 0 Å². The smallest absolute Gasteiger partial charge is 0.239 e. The lowest BCUT2D eigenvalue weighted by molar-refractivity contribution is 0.174. The molecule has 4 aromatic rings. The molecule has 1 saturated heterocycles. The molecule has 0 radical (unpaired) electrons. The number of aliphatic hydroxyl groups excluding tert-OH is 1. The van der Waals surface area contributed by atoms with E-state index in [-0.39, 0.29) is 28.3 Å². The van der Waals surface area contributed by atoms with Gasteiger partial charge < -0.3 is 21.1 Å². The third-order valence-corrected chi connectivity index (χ3v) is 7.41. The summed E-state index contributed by atoms with van der Waals surface area (Å²) in [6.07, 6.45) is -0.602. The van der Waals surface area contributed by atoms with Crippen LogP contribution in [0.1, 0.15) is 0 Å². The van der Waals surface area contributed by atoms with Crippen molar-refractivity contribution in [3.63, 3.8) is 0 Å². The van der Waals surface area contributed by atoms with E-state index in [9.17, 15) is 13.5 Å². The number of tetrazole rings is 1. The molecule has 15 heteroatoms. The number of H-pyrrole nitrogens is 2. The van der Waals surface area contributed by atoms with Crippen LogP contribution in [0.3, 0.4) is 0 Å². The Bertz CT molecular complexity index is 1420. The fraction of sp³-hybridized carbons (Fsp3) is 0.222. The minimum Gasteiger partial charge on any atom is -0.390 e. The number of nitrogens with two attached hydrogens (primary N) is 2. The molecule has 0 saturated carbocycles. The lowest BCUT2D eigenvalue weighted by Gasteiger charge is -2.19. The van der Waals surface area contributed by atoms with E-state index in [0.29, 0.717) is 40.1 Å². The maximum atomic E-state index is 12.8. The molecule has 1 fully saturated rings. The van der Waals surface area contributed by atoms with E-state index in [1.165, 1.54) is 0 Å². The number of nitrogens with zero attached hydrogens (tertiary/aromatic N) is 4. The number of hydrogen-bond acceptors (Lipinski definition) is 11. The normalized spacial score (nSPS) is 18.8. The second-order valence-electron chi connectivity index (χ2n) is 7.49. The van der Waals surface area contributed by atoms with E-state index in [0.717, 1.165) is 11.9 Å². The Balaban J connectivity index is 1.72. The van der Waals surface area contributed by atoms with Gasteiger partial charge in [-0.3, -0.25) is 4.72 Å². The summed E-state index contributed by atoms with van der Waals surface area (Å²) in [5.41, 5.74) is 8.42. The molecule has 0 spiro atoms. The Morgan fingerprint density at radius 2 is 2.03 bits per heavy atom. The van der Waals surface area contributed by atoms with Gasteiger partial charge in [0, 0.05) is 29.1 Å². The summed E-state index contributed by atoms with van der Waals surface area (Å²) in [6, 6.07) is 8.53. The zero-order chi connectivity index (χ0) is 23.2. The van der Waals surface area contributed by atoms with Crippen molar-refractivity contribution in [1.82, 2.24) is 40.6 Å². The summed E-state index contributed by atoms with van der Waals surface area (Å²) in [5.74, 6) is 0.353. The van der Waals surface area contributed by atoms with Crippen molar-refractivity contribution in [3.8, 4) is 22.5 Å². The summed E-state index contributed by atoms with van der Waals surface area (Å²) in [4.78, 5) is 7.50. The molecule has 0 unspecified atom stereocenters. The van der Waals surface area contributed by atoms with E-state index in [1.54, 1.807) is 24.3 Å². The maximum Gasteiger partial charge on any atom is 0.239 e. The van der Waals surface area contributed by atoms with E-state index < -0.39 is 16.1 Å². The molecular formula is C18H20N10O3S2. The first-order chi connectivity index (χ1) is 15.8. The number of para-hydroxylation sites is 1. The number of anilines is 1. The standard InChI is InChI=1S/C18H20N10O3S2/c19-18-22-10-3-1-2-9(15(10)23-18)8-4-5-13(32-26-11-6-21-7-12(11)29)16(33(20,30)31)14(8)17-24-27-28-25-17/h1-5,11-12,21,26,29H,6-7H2,(H3,19,22,23)(H2,20,30,31)(H,24,25,27,28)/t11-,12+/m0/s1. The average Bonchev–Trinajstić information content (AvgIpc) is 3.51. The molecule has 2 aromatic heterocycles. The zero-order valence-corrected chi connectivity index (χ0v) is 18.6. The number of aromatic amines is 2. The molecule has 2 atom stereocenters. The molecular weight excluding hydrogens is 468 g/mol. The molecule has 0 aliphatic carbocycles. The minimum atomic E-state index is -4.24.